The van der Waals surface area contributed by atoms with Gasteiger partial charge in [-0.1, -0.05) is 24.8 Å². The minimum absolute atomic E-state index is 0.104. The molecule has 0 fully saturated rings. The topological polar surface area (TPSA) is 74.6 Å². The predicted molar refractivity (Wildman–Crippen MR) is 54.5 cm³/mol. The van der Waals surface area contributed by atoms with Crippen LogP contribution in [0, 0.1) is 0 Å². The van der Waals surface area contributed by atoms with E-state index in [-0.39, 0.29) is 4.90 Å². The second kappa shape index (κ2) is 5.54. The van der Waals surface area contributed by atoms with E-state index in [2.05, 4.69) is 6.58 Å². The Hall–Kier alpha value is -1.17. The Kier molecular flexibility index (Phi) is 5.07. The van der Waals surface area contributed by atoms with Gasteiger partial charge in [0.25, 0.3) is 10.1 Å². The van der Waals surface area contributed by atoms with Crippen LogP contribution in [0.2, 0.25) is 0 Å². The van der Waals surface area contributed by atoms with E-state index >= 15 is 0 Å². The van der Waals surface area contributed by atoms with E-state index in [1.807, 2.05) is 0 Å². The summed E-state index contributed by atoms with van der Waals surface area (Å²) in [6.45, 7) is 3.51. The summed E-state index contributed by atoms with van der Waals surface area (Å²) in [6.07, 6.45) is 1.59. The molecule has 0 bridgehead atoms. The largest absolute Gasteiger partial charge is 0.400 e. The average molecular weight is 216 g/mol. The number of aliphatic hydroxyl groups is 1. The quantitative estimate of drug-likeness (QED) is 0.728. The van der Waals surface area contributed by atoms with Crippen molar-refractivity contribution in [2.24, 2.45) is 0 Å². The highest BCUT2D eigenvalue weighted by Crippen LogP contribution is 2.10. The third-order valence-electron chi connectivity index (χ3n) is 1.41. The Morgan fingerprint density at radius 2 is 1.64 bits per heavy atom. The second-order valence-electron chi connectivity index (χ2n) is 2.25. The van der Waals surface area contributed by atoms with E-state index in [0.29, 0.717) is 0 Å². The van der Waals surface area contributed by atoms with E-state index in [9.17, 15) is 8.42 Å². The lowest BCUT2D eigenvalue weighted by atomic mass is 10.2. The molecule has 0 unspecified atom stereocenters. The lowest BCUT2D eigenvalue weighted by Crippen LogP contribution is -1.96. The van der Waals surface area contributed by atoms with Crippen LogP contribution in [0.4, 0.5) is 0 Å². The molecule has 0 aliphatic rings. The predicted octanol–water partition coefficient (Wildman–Crippen LogP) is 1.18. The van der Waals surface area contributed by atoms with E-state index in [0.717, 1.165) is 12.7 Å². The van der Waals surface area contributed by atoms with Crippen LogP contribution >= 0.6 is 0 Å². The zero-order valence-electron chi connectivity index (χ0n) is 7.71. The van der Waals surface area contributed by atoms with Crippen molar-refractivity contribution in [1.29, 1.82) is 0 Å². The molecule has 0 saturated carbocycles. The first-order valence-electron chi connectivity index (χ1n) is 3.69. The van der Waals surface area contributed by atoms with E-state index in [1.165, 1.54) is 12.1 Å². The first kappa shape index (κ1) is 12.8. The first-order valence-corrected chi connectivity index (χ1v) is 5.13. The van der Waals surface area contributed by atoms with Gasteiger partial charge in [0.2, 0.25) is 0 Å². The van der Waals surface area contributed by atoms with Gasteiger partial charge in [0, 0.05) is 7.11 Å². The summed E-state index contributed by atoms with van der Waals surface area (Å²) in [4.78, 5) is -0.104. The van der Waals surface area contributed by atoms with Gasteiger partial charge in [0.15, 0.2) is 0 Å². The number of hydrogen-bond acceptors (Lipinski definition) is 3. The van der Waals surface area contributed by atoms with E-state index in [4.69, 9.17) is 9.66 Å². The highest BCUT2D eigenvalue weighted by atomic mass is 32.2. The molecule has 1 aromatic carbocycles. The van der Waals surface area contributed by atoms with Gasteiger partial charge in [-0.25, -0.2) is 0 Å². The SMILES string of the molecule is C=Cc1ccc(S(=O)(=O)O)cc1.CO. The molecule has 0 aromatic heterocycles. The van der Waals surface area contributed by atoms with Gasteiger partial charge in [-0.2, -0.15) is 8.42 Å². The highest BCUT2D eigenvalue weighted by Gasteiger charge is 2.07. The monoisotopic (exact) mass is 216 g/mol. The van der Waals surface area contributed by atoms with E-state index < -0.39 is 10.1 Å². The highest BCUT2D eigenvalue weighted by molar-refractivity contribution is 7.85. The molecule has 2 N–H and O–H groups in total. The molecule has 0 atom stereocenters. The van der Waals surface area contributed by atoms with Gasteiger partial charge in [-0.05, 0) is 17.7 Å². The van der Waals surface area contributed by atoms with Crippen molar-refractivity contribution in [3.05, 3.63) is 36.4 Å². The van der Waals surface area contributed by atoms with Crippen molar-refractivity contribution < 1.29 is 18.1 Å². The van der Waals surface area contributed by atoms with Crippen molar-refractivity contribution in [1.82, 2.24) is 0 Å². The van der Waals surface area contributed by atoms with Crippen LogP contribution in [0.25, 0.3) is 6.08 Å². The molecule has 0 spiro atoms. The zero-order chi connectivity index (χ0) is 11.2. The van der Waals surface area contributed by atoms with Gasteiger partial charge in [0.1, 0.15) is 0 Å². The number of aliphatic hydroxyl groups excluding tert-OH is 1. The Morgan fingerprint density at radius 1 is 1.21 bits per heavy atom. The third-order valence-corrected chi connectivity index (χ3v) is 2.28. The standard InChI is InChI=1S/C8H8O3S.CH4O/c1-2-7-3-5-8(6-4-7)12(9,10)11;1-2/h2-6H,1H2,(H,9,10,11);2H,1H3. The molecule has 5 heteroatoms. The summed E-state index contributed by atoms with van der Waals surface area (Å²) in [5, 5.41) is 7.00. The minimum Gasteiger partial charge on any atom is -0.400 e. The molecule has 1 aromatic rings. The Labute approximate surface area is 83.3 Å². The molecule has 0 radical (unpaired) electrons. The summed E-state index contributed by atoms with van der Waals surface area (Å²) in [5.74, 6) is 0. The molecule has 0 saturated heterocycles. The van der Waals surface area contributed by atoms with Crippen LogP contribution in [-0.2, 0) is 10.1 Å². The zero-order valence-corrected chi connectivity index (χ0v) is 8.53. The van der Waals surface area contributed by atoms with Crippen molar-refractivity contribution in [3.63, 3.8) is 0 Å². The maximum absolute atomic E-state index is 10.6. The first-order chi connectivity index (χ1) is 6.54. The number of benzene rings is 1. The van der Waals surface area contributed by atoms with E-state index in [1.54, 1.807) is 18.2 Å². The van der Waals surface area contributed by atoms with Crippen molar-refractivity contribution in [2.75, 3.05) is 7.11 Å². The van der Waals surface area contributed by atoms with Gasteiger partial charge >= 0.3 is 0 Å². The lowest BCUT2D eigenvalue weighted by Gasteiger charge is -1.96. The van der Waals surface area contributed by atoms with Gasteiger partial charge in [-0.3, -0.25) is 4.55 Å². The Balaban J connectivity index is 0.000000791. The normalized spacial score (nSPS) is 9.93. The minimum atomic E-state index is -4.06. The fraction of sp³-hybridized carbons (Fsp3) is 0.111. The summed E-state index contributed by atoms with van der Waals surface area (Å²) in [7, 11) is -3.06. The molecular formula is C9H12O4S. The molecule has 0 heterocycles. The summed E-state index contributed by atoms with van der Waals surface area (Å²) >= 11 is 0. The van der Waals surface area contributed by atoms with Crippen LogP contribution in [0.15, 0.2) is 35.7 Å². The van der Waals surface area contributed by atoms with Crippen LogP contribution in [0.1, 0.15) is 5.56 Å². The summed E-state index contributed by atoms with van der Waals surface area (Å²) in [6, 6.07) is 5.78. The maximum Gasteiger partial charge on any atom is 0.294 e. The Morgan fingerprint density at radius 3 is 1.93 bits per heavy atom. The average Bonchev–Trinajstić information content (AvgIpc) is 2.20. The van der Waals surface area contributed by atoms with Crippen molar-refractivity contribution in [3.8, 4) is 0 Å². The Bertz CT molecular complexity index is 378. The molecule has 0 aliphatic heterocycles. The van der Waals surface area contributed by atoms with Crippen molar-refractivity contribution in [2.45, 2.75) is 4.90 Å². The number of hydrogen-bond donors (Lipinski definition) is 2. The maximum atomic E-state index is 10.6. The molecule has 1 rings (SSSR count). The van der Waals surface area contributed by atoms with Crippen LogP contribution in [-0.4, -0.2) is 25.2 Å². The summed E-state index contributed by atoms with van der Waals surface area (Å²) in [5.41, 5.74) is 0.808. The molecule has 4 nitrogen and oxygen atoms in total. The van der Waals surface area contributed by atoms with Gasteiger partial charge < -0.3 is 5.11 Å². The van der Waals surface area contributed by atoms with Gasteiger partial charge in [-0.15, -0.1) is 0 Å². The van der Waals surface area contributed by atoms with Gasteiger partial charge in [0.05, 0.1) is 4.90 Å². The third kappa shape index (κ3) is 3.69. The smallest absolute Gasteiger partial charge is 0.294 e. The van der Waals surface area contributed by atoms with Crippen LogP contribution < -0.4 is 0 Å². The fourth-order valence-electron chi connectivity index (χ4n) is 0.776. The van der Waals surface area contributed by atoms with Crippen LogP contribution in [0.5, 0.6) is 0 Å². The molecule has 14 heavy (non-hydrogen) atoms. The molecule has 0 amide bonds. The fourth-order valence-corrected chi connectivity index (χ4v) is 1.26. The molecule has 0 aliphatic carbocycles. The summed E-state index contributed by atoms with van der Waals surface area (Å²) < 4.78 is 29.7. The molecule has 78 valence electrons. The lowest BCUT2D eigenvalue weighted by molar-refractivity contribution is 0.399. The number of rotatable bonds is 2. The molecular weight excluding hydrogens is 204 g/mol. The van der Waals surface area contributed by atoms with Crippen molar-refractivity contribution >= 4 is 16.2 Å². The van der Waals surface area contributed by atoms with Crippen LogP contribution in [0.3, 0.4) is 0 Å². The second-order valence-corrected chi connectivity index (χ2v) is 3.67.